The zero-order valence-corrected chi connectivity index (χ0v) is 12.8. The van der Waals surface area contributed by atoms with Gasteiger partial charge < -0.3 is 10.6 Å². The number of anilines is 1. The van der Waals surface area contributed by atoms with E-state index in [-0.39, 0.29) is 6.04 Å². The Morgan fingerprint density at radius 3 is 3.11 bits per heavy atom. The van der Waals surface area contributed by atoms with Gasteiger partial charge in [-0.25, -0.2) is 4.98 Å². The number of hydrogen-bond donors (Lipinski definition) is 1. The van der Waals surface area contributed by atoms with Crippen LogP contribution < -0.4 is 10.6 Å². The molecule has 0 saturated carbocycles. The minimum absolute atomic E-state index is 0.240. The van der Waals surface area contributed by atoms with Gasteiger partial charge in [-0.1, -0.05) is 19.9 Å². The van der Waals surface area contributed by atoms with E-state index in [4.69, 9.17) is 5.73 Å². The molecule has 106 valence electrons. The predicted octanol–water partition coefficient (Wildman–Crippen LogP) is 2.69. The number of nitrogens with two attached hydrogens (primary N) is 1. The summed E-state index contributed by atoms with van der Waals surface area (Å²) in [5.41, 5.74) is 7.41. The third-order valence-electron chi connectivity index (χ3n) is 3.77. The van der Waals surface area contributed by atoms with Crippen molar-refractivity contribution in [3.05, 3.63) is 23.9 Å². The number of thioether (sulfide) groups is 1. The Morgan fingerprint density at radius 2 is 2.37 bits per heavy atom. The lowest BCUT2D eigenvalue weighted by Crippen LogP contribution is -2.39. The van der Waals surface area contributed by atoms with Gasteiger partial charge in [0.15, 0.2) is 0 Å². The molecule has 2 atom stereocenters. The highest BCUT2D eigenvalue weighted by Crippen LogP contribution is 2.27. The van der Waals surface area contributed by atoms with E-state index in [0.717, 1.165) is 37.0 Å². The molecule has 0 bridgehead atoms. The van der Waals surface area contributed by atoms with Crippen molar-refractivity contribution in [2.24, 2.45) is 5.73 Å². The van der Waals surface area contributed by atoms with Crippen molar-refractivity contribution in [1.29, 1.82) is 0 Å². The summed E-state index contributed by atoms with van der Waals surface area (Å²) in [4.78, 5) is 7.07. The molecule has 2 rings (SSSR count). The van der Waals surface area contributed by atoms with Crippen LogP contribution in [0.5, 0.6) is 0 Å². The smallest absolute Gasteiger partial charge is 0.131 e. The summed E-state index contributed by atoms with van der Waals surface area (Å²) in [6, 6.07) is 4.45. The van der Waals surface area contributed by atoms with Crippen molar-refractivity contribution in [2.75, 3.05) is 23.7 Å². The average molecular weight is 279 g/mol. The van der Waals surface area contributed by atoms with Gasteiger partial charge in [-0.15, -0.1) is 0 Å². The maximum atomic E-state index is 6.11. The fourth-order valence-corrected chi connectivity index (χ4v) is 3.64. The van der Waals surface area contributed by atoms with Crippen molar-refractivity contribution >= 4 is 17.6 Å². The van der Waals surface area contributed by atoms with Crippen LogP contribution in [0, 0.1) is 0 Å². The standard InChI is InChI=1S/C15H25N3S/c1-3-13(16)10-12-6-5-7-17-15(12)18-8-9-19-14(4-2)11-18/h5-7,13-14H,3-4,8-11,16H2,1-2H3. The zero-order chi connectivity index (χ0) is 13.7. The Bertz CT molecular complexity index is 397. The van der Waals surface area contributed by atoms with Crippen molar-refractivity contribution in [2.45, 2.75) is 44.4 Å². The SMILES string of the molecule is CCC(N)Cc1cccnc1N1CCSC(CC)C1. The quantitative estimate of drug-likeness (QED) is 0.900. The van der Waals surface area contributed by atoms with Crippen LogP contribution in [0.1, 0.15) is 32.3 Å². The van der Waals surface area contributed by atoms with E-state index in [1.165, 1.54) is 17.7 Å². The molecular formula is C15H25N3S. The molecule has 4 heteroatoms. The lowest BCUT2D eigenvalue weighted by atomic mass is 10.0. The van der Waals surface area contributed by atoms with Gasteiger partial charge in [-0.05, 0) is 30.9 Å². The minimum atomic E-state index is 0.240. The highest BCUT2D eigenvalue weighted by atomic mass is 32.2. The molecule has 2 N–H and O–H groups in total. The molecule has 1 aromatic rings. The first-order valence-electron chi connectivity index (χ1n) is 7.30. The molecule has 1 aromatic heterocycles. The van der Waals surface area contributed by atoms with E-state index in [1.807, 2.05) is 12.3 Å². The number of hydrogen-bond acceptors (Lipinski definition) is 4. The Balaban J connectivity index is 2.14. The normalized spacial score (nSPS) is 21.4. The van der Waals surface area contributed by atoms with E-state index in [0.29, 0.717) is 0 Å². The summed E-state index contributed by atoms with van der Waals surface area (Å²) in [5, 5.41) is 0.739. The molecule has 0 aliphatic carbocycles. The molecule has 1 aliphatic rings. The largest absolute Gasteiger partial charge is 0.354 e. The number of aromatic nitrogens is 1. The van der Waals surface area contributed by atoms with E-state index in [2.05, 4.69) is 41.6 Å². The number of rotatable bonds is 5. The Morgan fingerprint density at radius 1 is 1.53 bits per heavy atom. The van der Waals surface area contributed by atoms with Crippen LogP contribution in [0.3, 0.4) is 0 Å². The zero-order valence-electron chi connectivity index (χ0n) is 12.0. The Kier molecular flexibility index (Phi) is 5.52. The van der Waals surface area contributed by atoms with E-state index < -0.39 is 0 Å². The molecule has 2 heterocycles. The van der Waals surface area contributed by atoms with Crippen LogP contribution in [-0.4, -0.2) is 35.1 Å². The van der Waals surface area contributed by atoms with Crippen LogP contribution in [0.2, 0.25) is 0 Å². The highest BCUT2D eigenvalue weighted by molar-refractivity contribution is 8.00. The van der Waals surface area contributed by atoms with Gasteiger partial charge >= 0.3 is 0 Å². The molecule has 19 heavy (non-hydrogen) atoms. The Labute approximate surface area is 121 Å². The fourth-order valence-electron chi connectivity index (χ4n) is 2.46. The summed E-state index contributed by atoms with van der Waals surface area (Å²) in [5.74, 6) is 2.36. The number of pyridine rings is 1. The molecule has 1 fully saturated rings. The molecule has 1 aliphatic heterocycles. The summed E-state index contributed by atoms with van der Waals surface area (Å²) in [7, 11) is 0. The van der Waals surface area contributed by atoms with Gasteiger partial charge in [0.1, 0.15) is 5.82 Å². The topological polar surface area (TPSA) is 42.1 Å². The molecule has 3 nitrogen and oxygen atoms in total. The van der Waals surface area contributed by atoms with Gasteiger partial charge in [-0.2, -0.15) is 11.8 Å². The lowest BCUT2D eigenvalue weighted by Gasteiger charge is -2.34. The summed E-state index contributed by atoms with van der Waals surface area (Å²) < 4.78 is 0. The lowest BCUT2D eigenvalue weighted by molar-refractivity contribution is 0.639. The van der Waals surface area contributed by atoms with E-state index >= 15 is 0 Å². The second-order valence-corrected chi connectivity index (χ2v) is 6.61. The van der Waals surface area contributed by atoms with Crippen LogP contribution in [0.25, 0.3) is 0 Å². The average Bonchev–Trinajstić information content (AvgIpc) is 2.47. The summed E-state index contributed by atoms with van der Waals surface area (Å²) in [6.45, 7) is 6.64. The molecule has 2 unspecified atom stereocenters. The fraction of sp³-hybridized carbons (Fsp3) is 0.667. The van der Waals surface area contributed by atoms with Crippen LogP contribution in [0.4, 0.5) is 5.82 Å². The van der Waals surface area contributed by atoms with Crippen molar-refractivity contribution in [1.82, 2.24) is 4.98 Å². The maximum Gasteiger partial charge on any atom is 0.131 e. The van der Waals surface area contributed by atoms with Gasteiger partial charge in [0, 0.05) is 36.3 Å². The highest BCUT2D eigenvalue weighted by Gasteiger charge is 2.22. The molecule has 0 spiro atoms. The monoisotopic (exact) mass is 279 g/mol. The van der Waals surface area contributed by atoms with Crippen LogP contribution >= 0.6 is 11.8 Å². The maximum absolute atomic E-state index is 6.11. The van der Waals surface area contributed by atoms with Crippen LogP contribution in [0.15, 0.2) is 18.3 Å². The van der Waals surface area contributed by atoms with Crippen molar-refractivity contribution < 1.29 is 0 Å². The molecule has 0 amide bonds. The van der Waals surface area contributed by atoms with Crippen molar-refractivity contribution in [3.8, 4) is 0 Å². The first-order chi connectivity index (χ1) is 9.24. The molecule has 0 radical (unpaired) electrons. The molecular weight excluding hydrogens is 254 g/mol. The minimum Gasteiger partial charge on any atom is -0.354 e. The first kappa shape index (κ1) is 14.7. The van der Waals surface area contributed by atoms with Gasteiger partial charge in [0.05, 0.1) is 0 Å². The Hall–Kier alpha value is -0.740. The molecule has 1 saturated heterocycles. The third kappa shape index (κ3) is 3.86. The van der Waals surface area contributed by atoms with Gasteiger partial charge in [0.2, 0.25) is 0 Å². The third-order valence-corrected chi connectivity index (χ3v) is 5.14. The van der Waals surface area contributed by atoms with Crippen LogP contribution in [-0.2, 0) is 6.42 Å². The van der Waals surface area contributed by atoms with E-state index in [1.54, 1.807) is 0 Å². The van der Waals surface area contributed by atoms with E-state index in [9.17, 15) is 0 Å². The first-order valence-corrected chi connectivity index (χ1v) is 8.35. The predicted molar refractivity (Wildman–Crippen MR) is 85.0 cm³/mol. The number of nitrogens with zero attached hydrogens (tertiary/aromatic N) is 2. The second-order valence-electron chi connectivity index (χ2n) is 5.21. The summed E-state index contributed by atoms with van der Waals surface area (Å²) >= 11 is 2.09. The molecule has 0 aromatic carbocycles. The van der Waals surface area contributed by atoms with Gasteiger partial charge in [-0.3, -0.25) is 0 Å². The second kappa shape index (κ2) is 7.15. The summed E-state index contributed by atoms with van der Waals surface area (Å²) in [6.07, 6.45) is 5.08. The van der Waals surface area contributed by atoms with Crippen molar-refractivity contribution in [3.63, 3.8) is 0 Å². The van der Waals surface area contributed by atoms with Gasteiger partial charge in [0.25, 0.3) is 0 Å².